The van der Waals surface area contributed by atoms with Crippen LogP contribution in [0.1, 0.15) is 58.5 Å². The predicted molar refractivity (Wildman–Crippen MR) is 120 cm³/mol. The molecule has 0 spiro atoms. The minimum atomic E-state index is -0.242. The Balaban J connectivity index is 1.37. The highest BCUT2D eigenvalue weighted by atomic mass is 16.2. The molecule has 2 aliphatic rings. The van der Waals surface area contributed by atoms with Gasteiger partial charge in [-0.15, -0.1) is 0 Å². The highest BCUT2D eigenvalue weighted by Gasteiger charge is 2.21. The summed E-state index contributed by atoms with van der Waals surface area (Å²) >= 11 is 0. The summed E-state index contributed by atoms with van der Waals surface area (Å²) in [6.45, 7) is 5.01. The van der Waals surface area contributed by atoms with Gasteiger partial charge in [-0.2, -0.15) is 5.10 Å². The number of aromatic amines is 1. The van der Waals surface area contributed by atoms with E-state index in [9.17, 15) is 9.59 Å². The zero-order chi connectivity index (χ0) is 21.6. The van der Waals surface area contributed by atoms with Crippen molar-refractivity contribution in [1.82, 2.24) is 25.3 Å². The highest BCUT2D eigenvalue weighted by molar-refractivity contribution is 6.08. The van der Waals surface area contributed by atoms with E-state index in [0.29, 0.717) is 16.9 Å². The van der Waals surface area contributed by atoms with Crippen LogP contribution in [0.2, 0.25) is 0 Å². The van der Waals surface area contributed by atoms with E-state index >= 15 is 0 Å². The van der Waals surface area contributed by atoms with Gasteiger partial charge in [0.05, 0.1) is 11.9 Å². The number of benzene rings is 1. The SMILES string of the molecule is CN1CCN(Cc2cccc(C(=O)Nc3cn[nH]c3C(=O)NC3CCCCC3)c2)CC1. The van der Waals surface area contributed by atoms with Crippen molar-refractivity contribution < 1.29 is 9.59 Å². The number of likely N-dealkylation sites (N-methyl/N-ethyl adjacent to an activating group) is 1. The van der Waals surface area contributed by atoms with Gasteiger partial charge in [0.25, 0.3) is 11.8 Å². The fourth-order valence-corrected chi connectivity index (χ4v) is 4.33. The van der Waals surface area contributed by atoms with Crippen LogP contribution in [0.5, 0.6) is 0 Å². The zero-order valence-electron chi connectivity index (χ0n) is 18.2. The first-order chi connectivity index (χ1) is 15.1. The Bertz CT molecular complexity index is 897. The van der Waals surface area contributed by atoms with E-state index < -0.39 is 0 Å². The van der Waals surface area contributed by atoms with E-state index in [1.165, 1.54) is 12.6 Å². The molecule has 8 nitrogen and oxygen atoms in total. The topological polar surface area (TPSA) is 93.4 Å². The molecule has 2 aromatic rings. The average molecular weight is 425 g/mol. The van der Waals surface area contributed by atoms with Gasteiger partial charge < -0.3 is 15.5 Å². The summed E-state index contributed by atoms with van der Waals surface area (Å²) in [5.74, 6) is -0.461. The molecule has 8 heteroatoms. The number of H-pyrrole nitrogens is 1. The zero-order valence-corrected chi connectivity index (χ0v) is 18.2. The number of rotatable bonds is 6. The summed E-state index contributed by atoms with van der Waals surface area (Å²) in [6.07, 6.45) is 7.00. The molecule has 4 rings (SSSR count). The van der Waals surface area contributed by atoms with Crippen LogP contribution in [0.4, 0.5) is 5.69 Å². The van der Waals surface area contributed by atoms with Crippen molar-refractivity contribution >= 4 is 17.5 Å². The molecule has 1 aromatic carbocycles. The van der Waals surface area contributed by atoms with Gasteiger partial charge in [0.15, 0.2) is 0 Å². The molecule has 166 valence electrons. The van der Waals surface area contributed by atoms with Crippen LogP contribution < -0.4 is 10.6 Å². The third kappa shape index (κ3) is 5.71. The number of carbonyl (C=O) groups excluding carboxylic acids is 2. The van der Waals surface area contributed by atoms with Crippen LogP contribution in [-0.2, 0) is 6.54 Å². The van der Waals surface area contributed by atoms with Crippen LogP contribution in [0.3, 0.4) is 0 Å². The number of piperazine rings is 1. The van der Waals surface area contributed by atoms with E-state index in [4.69, 9.17) is 0 Å². The number of anilines is 1. The number of carbonyl (C=O) groups is 2. The van der Waals surface area contributed by atoms with Crippen molar-refractivity contribution in [2.45, 2.75) is 44.7 Å². The van der Waals surface area contributed by atoms with E-state index in [-0.39, 0.29) is 17.9 Å². The van der Waals surface area contributed by atoms with Crippen molar-refractivity contribution in [3.63, 3.8) is 0 Å². The van der Waals surface area contributed by atoms with Gasteiger partial charge in [0.1, 0.15) is 5.69 Å². The smallest absolute Gasteiger partial charge is 0.271 e. The lowest BCUT2D eigenvalue weighted by Crippen LogP contribution is -2.43. The number of nitrogens with zero attached hydrogens (tertiary/aromatic N) is 3. The number of hydrogen-bond acceptors (Lipinski definition) is 5. The lowest BCUT2D eigenvalue weighted by atomic mass is 9.95. The van der Waals surface area contributed by atoms with Gasteiger partial charge >= 0.3 is 0 Å². The molecule has 3 N–H and O–H groups in total. The summed E-state index contributed by atoms with van der Waals surface area (Å²) in [4.78, 5) is 30.3. The molecule has 0 bridgehead atoms. The number of aromatic nitrogens is 2. The first-order valence-electron chi connectivity index (χ1n) is 11.2. The summed E-state index contributed by atoms with van der Waals surface area (Å²) in [5, 5.41) is 12.6. The van der Waals surface area contributed by atoms with Crippen molar-refractivity contribution in [3.8, 4) is 0 Å². The molecule has 1 aliphatic carbocycles. The molecular weight excluding hydrogens is 392 g/mol. The first-order valence-corrected chi connectivity index (χ1v) is 11.2. The van der Waals surface area contributed by atoms with Crippen LogP contribution in [-0.4, -0.2) is 71.1 Å². The lowest BCUT2D eigenvalue weighted by molar-refractivity contribution is 0.0923. The van der Waals surface area contributed by atoms with Crippen LogP contribution in [0.25, 0.3) is 0 Å². The summed E-state index contributed by atoms with van der Waals surface area (Å²) in [5.41, 5.74) is 2.39. The second-order valence-corrected chi connectivity index (χ2v) is 8.70. The summed E-state index contributed by atoms with van der Waals surface area (Å²) < 4.78 is 0. The van der Waals surface area contributed by atoms with Gasteiger partial charge in [-0.05, 0) is 37.6 Å². The normalized spacial score (nSPS) is 18.6. The molecule has 0 atom stereocenters. The largest absolute Gasteiger partial charge is 0.348 e. The summed E-state index contributed by atoms with van der Waals surface area (Å²) in [7, 11) is 2.14. The molecule has 1 saturated carbocycles. The van der Waals surface area contributed by atoms with Gasteiger partial charge in [-0.25, -0.2) is 0 Å². The maximum atomic E-state index is 12.9. The monoisotopic (exact) mass is 424 g/mol. The Morgan fingerprint density at radius 2 is 1.87 bits per heavy atom. The molecule has 2 amide bonds. The highest BCUT2D eigenvalue weighted by Crippen LogP contribution is 2.19. The molecule has 0 unspecified atom stereocenters. The predicted octanol–water partition coefficient (Wildman–Crippen LogP) is 2.47. The third-order valence-electron chi connectivity index (χ3n) is 6.25. The van der Waals surface area contributed by atoms with E-state index in [0.717, 1.165) is 64.0 Å². The Labute approximate surface area is 183 Å². The molecule has 1 aliphatic heterocycles. The van der Waals surface area contributed by atoms with Crippen LogP contribution in [0, 0.1) is 0 Å². The fraction of sp³-hybridized carbons (Fsp3) is 0.522. The molecule has 2 fully saturated rings. The van der Waals surface area contributed by atoms with Gasteiger partial charge in [-0.1, -0.05) is 31.4 Å². The van der Waals surface area contributed by atoms with Crippen molar-refractivity contribution in [2.75, 3.05) is 38.5 Å². The molecule has 0 radical (unpaired) electrons. The summed E-state index contributed by atoms with van der Waals surface area (Å²) in [6, 6.07) is 7.88. The van der Waals surface area contributed by atoms with Gasteiger partial charge in [-0.3, -0.25) is 19.6 Å². The Kier molecular flexibility index (Phi) is 6.99. The third-order valence-corrected chi connectivity index (χ3v) is 6.25. The minimum absolute atomic E-state index is 0.194. The quantitative estimate of drug-likeness (QED) is 0.662. The van der Waals surface area contributed by atoms with Crippen molar-refractivity contribution in [2.24, 2.45) is 0 Å². The van der Waals surface area contributed by atoms with E-state index in [1.54, 1.807) is 6.07 Å². The molecule has 1 saturated heterocycles. The number of hydrogen-bond donors (Lipinski definition) is 3. The van der Waals surface area contributed by atoms with Gasteiger partial charge in [0.2, 0.25) is 0 Å². The molecule has 1 aromatic heterocycles. The second-order valence-electron chi connectivity index (χ2n) is 8.70. The number of amides is 2. The fourth-order valence-electron chi connectivity index (χ4n) is 4.33. The Morgan fingerprint density at radius 1 is 1.10 bits per heavy atom. The average Bonchev–Trinajstić information content (AvgIpc) is 3.24. The number of nitrogens with one attached hydrogen (secondary N) is 3. The van der Waals surface area contributed by atoms with Crippen LogP contribution >= 0.6 is 0 Å². The Hall–Kier alpha value is -2.71. The maximum absolute atomic E-state index is 12.9. The van der Waals surface area contributed by atoms with Crippen LogP contribution in [0.15, 0.2) is 30.5 Å². The molecule has 31 heavy (non-hydrogen) atoms. The maximum Gasteiger partial charge on any atom is 0.271 e. The standard InChI is InChI=1S/C23H32N6O2/c1-28-10-12-29(13-11-28)16-17-6-5-7-18(14-17)22(30)26-20-15-24-27-21(20)23(31)25-19-8-3-2-4-9-19/h5-7,14-15,19H,2-4,8-13,16H2,1H3,(H,24,27)(H,25,31)(H,26,30). The van der Waals surface area contributed by atoms with E-state index in [2.05, 4.69) is 43.7 Å². The van der Waals surface area contributed by atoms with Crippen molar-refractivity contribution in [3.05, 3.63) is 47.3 Å². The van der Waals surface area contributed by atoms with Gasteiger partial charge in [0, 0.05) is 44.3 Å². The van der Waals surface area contributed by atoms with E-state index in [1.807, 2.05) is 12.1 Å². The van der Waals surface area contributed by atoms with Crippen molar-refractivity contribution in [1.29, 1.82) is 0 Å². The second kappa shape index (κ2) is 10.1. The molecular formula is C23H32N6O2. The lowest BCUT2D eigenvalue weighted by Gasteiger charge is -2.32. The molecule has 2 heterocycles. The first kappa shape index (κ1) is 21.5. The Morgan fingerprint density at radius 3 is 2.65 bits per heavy atom. The minimum Gasteiger partial charge on any atom is -0.348 e.